The average molecular weight is 390 g/mol. The van der Waals surface area contributed by atoms with E-state index in [1.807, 2.05) is 0 Å². The smallest absolute Gasteiger partial charge is 0.266 e. The van der Waals surface area contributed by atoms with Crippen LogP contribution in [-0.2, 0) is 11.2 Å². The van der Waals surface area contributed by atoms with Gasteiger partial charge in [-0.1, -0.05) is 58.3 Å². The molecule has 0 fully saturated rings. The van der Waals surface area contributed by atoms with E-state index >= 15 is 0 Å². The average Bonchev–Trinajstić information content (AvgIpc) is 2.61. The van der Waals surface area contributed by atoms with E-state index in [-0.39, 0.29) is 11.7 Å². The van der Waals surface area contributed by atoms with Crippen molar-refractivity contribution in [3.63, 3.8) is 0 Å². The predicted molar refractivity (Wildman–Crippen MR) is 99.6 cm³/mol. The largest absolute Gasteiger partial charge is 0.346 e. The maximum Gasteiger partial charge on any atom is 0.266 e. The lowest BCUT2D eigenvalue weighted by molar-refractivity contribution is -0.257. The Morgan fingerprint density at radius 2 is 1.33 bits per heavy atom. The molecule has 0 aliphatic rings. The number of aliphatic hydroxyl groups excluding tert-OH is 1. The molecule has 0 amide bonds. The van der Waals surface area contributed by atoms with E-state index in [1.54, 1.807) is 0 Å². The van der Waals surface area contributed by atoms with Gasteiger partial charge >= 0.3 is 0 Å². The zero-order valence-electron chi connectivity index (χ0n) is 16.2. The molecule has 6 heteroatoms. The lowest BCUT2D eigenvalue weighted by atomic mass is 10.0. The summed E-state index contributed by atoms with van der Waals surface area (Å²) in [6.45, 7) is 0.381. The fraction of sp³-hybridized carbons (Fsp3) is 0.714. The first-order valence-electron chi connectivity index (χ1n) is 10.1. The van der Waals surface area contributed by atoms with Gasteiger partial charge in [0.2, 0.25) is 0 Å². The minimum absolute atomic E-state index is 0.153. The van der Waals surface area contributed by atoms with Crippen LogP contribution in [0.4, 0.5) is 13.2 Å². The second-order valence-electron chi connectivity index (χ2n) is 7.10. The third-order valence-electron chi connectivity index (χ3n) is 4.76. The van der Waals surface area contributed by atoms with Gasteiger partial charge in [0.15, 0.2) is 11.6 Å². The summed E-state index contributed by atoms with van der Waals surface area (Å²) < 4.78 is 44.9. The van der Waals surface area contributed by atoms with Gasteiger partial charge in [-0.3, -0.25) is 0 Å². The Bertz CT molecular complexity index is 524. The first-order chi connectivity index (χ1) is 12.9. The van der Waals surface area contributed by atoms with Gasteiger partial charge in [-0.2, -0.15) is 0 Å². The molecule has 0 aromatic heterocycles. The summed E-state index contributed by atoms with van der Waals surface area (Å²) in [5.41, 5.74) is 0.153. The quantitative estimate of drug-likeness (QED) is 0.232. The van der Waals surface area contributed by atoms with E-state index in [2.05, 4.69) is 6.92 Å². The monoisotopic (exact) mass is 390 g/mol. The highest BCUT2D eigenvalue weighted by Gasteiger charge is 2.14. The molecule has 0 aliphatic heterocycles. The molecule has 1 aromatic rings. The lowest BCUT2D eigenvalue weighted by Crippen LogP contribution is -2.21. The second kappa shape index (κ2) is 14.0. The molecule has 1 unspecified atom stereocenters. The number of aryl methyl sites for hydroxylation is 1. The van der Waals surface area contributed by atoms with Gasteiger partial charge in [0.1, 0.15) is 5.82 Å². The molecule has 27 heavy (non-hydrogen) atoms. The van der Waals surface area contributed by atoms with Crippen molar-refractivity contribution in [1.29, 1.82) is 0 Å². The van der Waals surface area contributed by atoms with Crippen molar-refractivity contribution in [3.8, 4) is 0 Å². The zero-order chi connectivity index (χ0) is 20.1. The van der Waals surface area contributed by atoms with Crippen molar-refractivity contribution in [2.45, 2.75) is 96.6 Å². The van der Waals surface area contributed by atoms with Crippen molar-refractivity contribution in [2.24, 2.45) is 0 Å². The highest BCUT2D eigenvalue weighted by molar-refractivity contribution is 5.20. The number of halogens is 3. The van der Waals surface area contributed by atoms with Crippen molar-refractivity contribution in [1.82, 2.24) is 0 Å². The number of benzene rings is 1. The summed E-state index contributed by atoms with van der Waals surface area (Å²) in [5.74, 6) is -2.97. The normalized spacial score (nSPS) is 12.7. The third-order valence-corrected chi connectivity index (χ3v) is 4.76. The van der Waals surface area contributed by atoms with Crippen LogP contribution < -0.4 is 0 Å². The molecule has 3 nitrogen and oxygen atoms in total. The van der Waals surface area contributed by atoms with Crippen LogP contribution in [0.15, 0.2) is 12.1 Å². The molecule has 0 saturated heterocycles. The molecule has 2 N–H and O–H groups in total. The first kappa shape index (κ1) is 23.9. The van der Waals surface area contributed by atoms with Crippen LogP contribution in [-0.4, -0.2) is 22.8 Å². The Balaban J connectivity index is 2.28. The molecule has 1 atom stereocenters. The second-order valence-corrected chi connectivity index (χ2v) is 7.10. The van der Waals surface area contributed by atoms with Gasteiger partial charge in [0.25, 0.3) is 6.48 Å². The van der Waals surface area contributed by atoms with Gasteiger partial charge in [0.05, 0.1) is 6.10 Å². The molecular formula is C21H33F3O3. The van der Waals surface area contributed by atoms with Crippen LogP contribution in [0.25, 0.3) is 0 Å². The van der Waals surface area contributed by atoms with Crippen LogP contribution in [0.1, 0.15) is 83.1 Å². The molecule has 1 aromatic carbocycles. The van der Waals surface area contributed by atoms with Gasteiger partial charge in [-0.05, 0) is 37.3 Å². The van der Waals surface area contributed by atoms with Gasteiger partial charge in [0, 0.05) is 6.07 Å². The van der Waals surface area contributed by atoms with Crippen LogP contribution in [0.2, 0.25) is 0 Å². The summed E-state index contributed by atoms with van der Waals surface area (Å²) in [5, 5.41) is 18.1. The van der Waals surface area contributed by atoms with E-state index in [0.717, 1.165) is 25.3 Å². The van der Waals surface area contributed by atoms with Crippen LogP contribution in [0.3, 0.4) is 0 Å². The van der Waals surface area contributed by atoms with Crippen LogP contribution >= 0.6 is 0 Å². The summed E-state index contributed by atoms with van der Waals surface area (Å²) in [7, 11) is 0. The zero-order valence-corrected chi connectivity index (χ0v) is 16.2. The molecule has 0 heterocycles. The summed E-state index contributed by atoms with van der Waals surface area (Å²) >= 11 is 0. The highest BCUT2D eigenvalue weighted by atomic mass is 19.2. The number of rotatable bonds is 15. The molecule has 156 valence electrons. The van der Waals surface area contributed by atoms with Gasteiger partial charge < -0.3 is 14.9 Å². The Morgan fingerprint density at radius 1 is 0.778 bits per heavy atom. The minimum atomic E-state index is -1.80. The topological polar surface area (TPSA) is 49.7 Å². The Hall–Kier alpha value is -1.11. The standard InChI is InChI=1S/C21H33F3O3/c1-2-3-4-5-6-7-8-12-17(27-21(25)26)13-10-9-11-16-14-19(23)20(24)15-18(16)22/h14-15,17,21,25-26H,2-13H2,1H3. The number of hydrogen-bond acceptors (Lipinski definition) is 3. The van der Waals surface area contributed by atoms with Gasteiger partial charge in [-0.25, -0.2) is 13.2 Å². The maximum absolute atomic E-state index is 13.6. The maximum atomic E-state index is 13.6. The van der Waals surface area contributed by atoms with Crippen LogP contribution in [0.5, 0.6) is 0 Å². The Labute approximate surface area is 160 Å². The van der Waals surface area contributed by atoms with Gasteiger partial charge in [-0.15, -0.1) is 0 Å². The van der Waals surface area contributed by atoms with Crippen molar-refractivity contribution >= 4 is 0 Å². The van der Waals surface area contributed by atoms with E-state index in [1.165, 1.54) is 32.1 Å². The van der Waals surface area contributed by atoms with Crippen LogP contribution in [0, 0.1) is 17.5 Å². The van der Waals surface area contributed by atoms with Crippen molar-refractivity contribution in [3.05, 3.63) is 35.1 Å². The number of ether oxygens (including phenoxy) is 1. The molecule has 0 aliphatic carbocycles. The summed E-state index contributed by atoms with van der Waals surface area (Å²) in [6, 6.07) is 1.47. The molecule has 0 saturated carbocycles. The molecular weight excluding hydrogens is 357 g/mol. The predicted octanol–water partition coefficient (Wildman–Crippen LogP) is 5.61. The first-order valence-corrected chi connectivity index (χ1v) is 10.1. The van der Waals surface area contributed by atoms with E-state index < -0.39 is 23.9 Å². The molecule has 0 bridgehead atoms. The molecule has 0 spiro atoms. The summed E-state index contributed by atoms with van der Waals surface area (Å²) in [4.78, 5) is 0. The Kier molecular flexibility index (Phi) is 12.4. The number of hydrogen-bond donors (Lipinski definition) is 2. The fourth-order valence-electron chi connectivity index (χ4n) is 3.22. The minimum Gasteiger partial charge on any atom is -0.346 e. The summed E-state index contributed by atoms with van der Waals surface area (Å²) in [6.07, 6.45) is 10.8. The number of aliphatic hydroxyl groups is 2. The lowest BCUT2D eigenvalue weighted by Gasteiger charge is -2.19. The van der Waals surface area contributed by atoms with E-state index in [4.69, 9.17) is 14.9 Å². The third kappa shape index (κ3) is 10.7. The van der Waals surface area contributed by atoms with E-state index in [0.29, 0.717) is 31.7 Å². The molecule has 0 radical (unpaired) electrons. The Morgan fingerprint density at radius 3 is 1.96 bits per heavy atom. The fourth-order valence-corrected chi connectivity index (χ4v) is 3.22. The van der Waals surface area contributed by atoms with Crippen molar-refractivity contribution < 1.29 is 28.1 Å². The SMILES string of the molecule is CCCCCCCCCC(CCCCc1cc(F)c(F)cc1F)OC(O)O. The van der Waals surface area contributed by atoms with E-state index in [9.17, 15) is 13.2 Å². The molecule has 1 rings (SSSR count). The highest BCUT2D eigenvalue weighted by Crippen LogP contribution is 2.19. The van der Waals surface area contributed by atoms with Crippen molar-refractivity contribution in [2.75, 3.05) is 0 Å². The number of unbranched alkanes of at least 4 members (excludes halogenated alkanes) is 7.